The molecule has 0 unspecified atom stereocenters. The summed E-state index contributed by atoms with van der Waals surface area (Å²) in [5.41, 5.74) is 2.23. The van der Waals surface area contributed by atoms with E-state index in [4.69, 9.17) is 0 Å². The second kappa shape index (κ2) is 7.07. The van der Waals surface area contributed by atoms with Gasteiger partial charge in [-0.1, -0.05) is 24.3 Å². The fraction of sp³-hybridized carbons (Fsp3) is 0.333. The van der Waals surface area contributed by atoms with E-state index < -0.39 is 0 Å². The van der Waals surface area contributed by atoms with Crippen molar-refractivity contribution in [1.29, 1.82) is 0 Å². The maximum absolute atomic E-state index is 12.1. The largest absolute Gasteiger partial charge is 0.371 e. The molecular weight excluding hydrogens is 274 g/mol. The molecule has 1 aromatic heterocycles. The number of carbonyl (C=O) groups excluding carboxylic acids is 1. The van der Waals surface area contributed by atoms with Gasteiger partial charge in [-0.05, 0) is 36.6 Å². The topological polar surface area (TPSA) is 45.2 Å². The second-order valence-corrected chi connectivity index (χ2v) is 5.70. The van der Waals surface area contributed by atoms with Crippen LogP contribution in [0, 0.1) is 0 Å². The van der Waals surface area contributed by atoms with Gasteiger partial charge >= 0.3 is 0 Å². The van der Waals surface area contributed by atoms with Crippen LogP contribution in [-0.4, -0.2) is 30.0 Å². The first kappa shape index (κ1) is 14.6. The number of nitrogens with zero attached hydrogens (tertiary/aromatic N) is 2. The van der Waals surface area contributed by atoms with Gasteiger partial charge in [0.15, 0.2) is 0 Å². The Hall–Kier alpha value is -2.36. The van der Waals surface area contributed by atoms with Gasteiger partial charge in [-0.3, -0.25) is 9.78 Å². The standard InChI is InChI=1S/C18H21N3O/c22-18(13-15-5-4-10-19-14-15)20-16-8-11-21(12-9-16)17-6-2-1-3-7-17/h1-7,10,14,16H,8-9,11-13H2,(H,20,22). The molecule has 1 N–H and O–H groups in total. The van der Waals surface area contributed by atoms with Crippen LogP contribution < -0.4 is 10.2 Å². The Labute approximate surface area is 131 Å². The molecule has 0 saturated carbocycles. The van der Waals surface area contributed by atoms with Gasteiger partial charge in [0.05, 0.1) is 6.42 Å². The molecule has 1 aliphatic rings. The number of aromatic nitrogens is 1. The minimum absolute atomic E-state index is 0.0890. The summed E-state index contributed by atoms with van der Waals surface area (Å²) >= 11 is 0. The van der Waals surface area contributed by atoms with Crippen LogP contribution in [0.1, 0.15) is 18.4 Å². The lowest BCUT2D eigenvalue weighted by atomic mass is 10.0. The molecule has 2 heterocycles. The highest BCUT2D eigenvalue weighted by Gasteiger charge is 2.20. The lowest BCUT2D eigenvalue weighted by molar-refractivity contribution is -0.121. The summed E-state index contributed by atoms with van der Waals surface area (Å²) in [6.45, 7) is 1.98. The van der Waals surface area contributed by atoms with Crippen molar-refractivity contribution in [3.05, 3.63) is 60.4 Å². The number of anilines is 1. The van der Waals surface area contributed by atoms with Gasteiger partial charge in [0.1, 0.15) is 0 Å². The third-order valence-electron chi connectivity index (χ3n) is 4.07. The SMILES string of the molecule is O=C(Cc1cccnc1)NC1CCN(c2ccccc2)CC1. The van der Waals surface area contributed by atoms with Crippen LogP contribution in [0.2, 0.25) is 0 Å². The first-order valence-corrected chi connectivity index (χ1v) is 7.79. The molecule has 1 saturated heterocycles. The van der Waals surface area contributed by atoms with Crippen molar-refractivity contribution in [2.75, 3.05) is 18.0 Å². The first-order chi connectivity index (χ1) is 10.8. The zero-order chi connectivity index (χ0) is 15.2. The van der Waals surface area contributed by atoms with Crippen molar-refractivity contribution in [1.82, 2.24) is 10.3 Å². The summed E-state index contributed by atoms with van der Waals surface area (Å²) in [4.78, 5) is 18.5. The number of para-hydroxylation sites is 1. The normalized spacial score (nSPS) is 15.5. The van der Waals surface area contributed by atoms with Crippen molar-refractivity contribution < 1.29 is 4.79 Å². The van der Waals surface area contributed by atoms with Gasteiger partial charge in [0.25, 0.3) is 0 Å². The van der Waals surface area contributed by atoms with E-state index >= 15 is 0 Å². The van der Waals surface area contributed by atoms with Crippen LogP contribution in [0.3, 0.4) is 0 Å². The highest BCUT2D eigenvalue weighted by atomic mass is 16.1. The Bertz CT molecular complexity index is 592. The highest BCUT2D eigenvalue weighted by Crippen LogP contribution is 2.19. The molecule has 114 valence electrons. The van der Waals surface area contributed by atoms with E-state index in [1.165, 1.54) is 5.69 Å². The van der Waals surface area contributed by atoms with Gasteiger partial charge in [0.2, 0.25) is 5.91 Å². The van der Waals surface area contributed by atoms with Gasteiger partial charge < -0.3 is 10.2 Å². The number of amides is 1. The van der Waals surface area contributed by atoms with E-state index in [9.17, 15) is 4.79 Å². The maximum Gasteiger partial charge on any atom is 0.224 e. The zero-order valence-electron chi connectivity index (χ0n) is 12.6. The lowest BCUT2D eigenvalue weighted by Gasteiger charge is -2.34. The summed E-state index contributed by atoms with van der Waals surface area (Å²) in [6, 6.07) is 14.5. The summed E-state index contributed by atoms with van der Waals surface area (Å²) in [5.74, 6) is 0.0890. The molecule has 3 rings (SSSR count). The molecule has 1 aliphatic heterocycles. The van der Waals surface area contributed by atoms with Crippen LogP contribution in [0.5, 0.6) is 0 Å². The molecule has 0 radical (unpaired) electrons. The zero-order valence-corrected chi connectivity index (χ0v) is 12.6. The van der Waals surface area contributed by atoms with E-state index in [2.05, 4.69) is 39.5 Å². The summed E-state index contributed by atoms with van der Waals surface area (Å²) in [6.07, 6.45) is 5.87. The van der Waals surface area contributed by atoms with Crippen LogP contribution in [0.25, 0.3) is 0 Å². The first-order valence-electron chi connectivity index (χ1n) is 7.79. The summed E-state index contributed by atoms with van der Waals surface area (Å²) in [5, 5.41) is 3.15. The predicted molar refractivity (Wildman–Crippen MR) is 87.8 cm³/mol. The van der Waals surface area contributed by atoms with Crippen molar-refractivity contribution in [3.8, 4) is 0 Å². The quantitative estimate of drug-likeness (QED) is 0.942. The molecule has 0 bridgehead atoms. The second-order valence-electron chi connectivity index (χ2n) is 5.70. The van der Waals surface area contributed by atoms with E-state index in [0.29, 0.717) is 6.42 Å². The molecule has 1 aromatic carbocycles. The molecular formula is C18H21N3O. The molecule has 0 aliphatic carbocycles. The highest BCUT2D eigenvalue weighted by molar-refractivity contribution is 5.78. The van der Waals surface area contributed by atoms with Crippen LogP contribution >= 0.6 is 0 Å². The third-order valence-corrected chi connectivity index (χ3v) is 4.07. The Balaban J connectivity index is 1.47. The van der Waals surface area contributed by atoms with Gasteiger partial charge in [-0.2, -0.15) is 0 Å². The maximum atomic E-state index is 12.1. The summed E-state index contributed by atoms with van der Waals surface area (Å²) < 4.78 is 0. The number of rotatable bonds is 4. The third kappa shape index (κ3) is 3.85. The van der Waals surface area contributed by atoms with Crippen LogP contribution in [0.15, 0.2) is 54.9 Å². The van der Waals surface area contributed by atoms with Gasteiger partial charge in [-0.25, -0.2) is 0 Å². The molecule has 4 heteroatoms. The molecule has 22 heavy (non-hydrogen) atoms. The Morgan fingerprint density at radius 2 is 1.91 bits per heavy atom. The number of nitrogens with one attached hydrogen (secondary N) is 1. The molecule has 4 nitrogen and oxygen atoms in total. The molecule has 1 fully saturated rings. The van der Waals surface area contributed by atoms with Crippen molar-refractivity contribution in [2.24, 2.45) is 0 Å². The van der Waals surface area contributed by atoms with Crippen molar-refractivity contribution >= 4 is 11.6 Å². The fourth-order valence-corrected chi connectivity index (χ4v) is 2.89. The van der Waals surface area contributed by atoms with E-state index in [-0.39, 0.29) is 11.9 Å². The van der Waals surface area contributed by atoms with Crippen molar-refractivity contribution in [3.63, 3.8) is 0 Å². The Morgan fingerprint density at radius 1 is 1.14 bits per heavy atom. The smallest absolute Gasteiger partial charge is 0.224 e. The predicted octanol–water partition coefficient (Wildman–Crippen LogP) is 2.41. The van der Waals surface area contributed by atoms with Gasteiger partial charge in [-0.15, -0.1) is 0 Å². The molecule has 1 amide bonds. The number of carbonyl (C=O) groups is 1. The molecule has 0 atom stereocenters. The number of piperidine rings is 1. The van der Waals surface area contributed by atoms with Gasteiger partial charge in [0, 0.05) is 37.2 Å². The van der Waals surface area contributed by atoms with Crippen LogP contribution in [-0.2, 0) is 11.2 Å². The fourth-order valence-electron chi connectivity index (χ4n) is 2.89. The lowest BCUT2D eigenvalue weighted by Crippen LogP contribution is -2.45. The molecule has 2 aromatic rings. The average Bonchev–Trinajstić information content (AvgIpc) is 2.57. The number of hydrogen-bond acceptors (Lipinski definition) is 3. The minimum Gasteiger partial charge on any atom is -0.371 e. The summed E-state index contributed by atoms with van der Waals surface area (Å²) in [7, 11) is 0. The van der Waals surface area contributed by atoms with Crippen LogP contribution in [0.4, 0.5) is 5.69 Å². The minimum atomic E-state index is 0.0890. The average molecular weight is 295 g/mol. The Kier molecular flexibility index (Phi) is 4.68. The number of hydrogen-bond donors (Lipinski definition) is 1. The monoisotopic (exact) mass is 295 g/mol. The Morgan fingerprint density at radius 3 is 2.59 bits per heavy atom. The van der Waals surface area contributed by atoms with E-state index in [1.807, 2.05) is 18.2 Å². The number of pyridine rings is 1. The van der Waals surface area contributed by atoms with E-state index in [1.54, 1.807) is 12.4 Å². The van der Waals surface area contributed by atoms with E-state index in [0.717, 1.165) is 31.5 Å². The van der Waals surface area contributed by atoms with Crippen molar-refractivity contribution in [2.45, 2.75) is 25.3 Å². The molecule has 0 spiro atoms. The number of benzene rings is 1.